The lowest BCUT2D eigenvalue weighted by Gasteiger charge is -2.08. The molecule has 0 saturated heterocycles. The van der Waals surface area contributed by atoms with Crippen molar-refractivity contribution < 1.29 is 5.11 Å². The summed E-state index contributed by atoms with van der Waals surface area (Å²) in [5.41, 5.74) is 5.08. The summed E-state index contributed by atoms with van der Waals surface area (Å²) >= 11 is 0. The molecule has 1 heterocycles. The Hall–Kier alpha value is -1.13. The van der Waals surface area contributed by atoms with Crippen LogP contribution in [0.15, 0.2) is 29.2 Å². The van der Waals surface area contributed by atoms with Crippen molar-refractivity contribution in [3.63, 3.8) is 0 Å². The first-order valence-electron chi connectivity index (χ1n) is 3.77. The number of aromatic nitrogens is 1. The second kappa shape index (κ2) is 4.04. The quantitative estimate of drug-likeness (QED) is 0.619. The normalized spacial score (nSPS) is 12.8. The molecule has 0 radical (unpaired) electrons. The maximum Gasteiger partial charge on any atom is 0.250 e. The predicted molar refractivity (Wildman–Crippen MR) is 45.8 cm³/mol. The monoisotopic (exact) mass is 168 g/mol. The molecule has 3 N–H and O–H groups in total. The standard InChI is InChI=1S/C8H12N2O2/c9-5-7(11)6-10-4-2-1-3-8(10)12/h1-4,7,11H,5-6,9H2/t7-/m1/s1. The van der Waals surface area contributed by atoms with Crippen molar-refractivity contribution in [1.29, 1.82) is 0 Å². The van der Waals surface area contributed by atoms with Crippen LogP contribution in [-0.2, 0) is 6.54 Å². The predicted octanol–water partition coefficient (Wildman–Crippen LogP) is -0.832. The summed E-state index contributed by atoms with van der Waals surface area (Å²) in [6, 6.07) is 4.85. The number of pyridine rings is 1. The van der Waals surface area contributed by atoms with E-state index in [-0.39, 0.29) is 18.6 Å². The molecule has 0 amide bonds. The molecule has 12 heavy (non-hydrogen) atoms. The van der Waals surface area contributed by atoms with E-state index in [0.29, 0.717) is 0 Å². The van der Waals surface area contributed by atoms with Gasteiger partial charge in [-0.05, 0) is 6.07 Å². The van der Waals surface area contributed by atoms with Crippen LogP contribution in [0.5, 0.6) is 0 Å². The molecule has 0 bridgehead atoms. The van der Waals surface area contributed by atoms with Crippen LogP contribution in [0.25, 0.3) is 0 Å². The van der Waals surface area contributed by atoms with E-state index >= 15 is 0 Å². The van der Waals surface area contributed by atoms with E-state index in [1.807, 2.05) is 0 Å². The van der Waals surface area contributed by atoms with Crippen LogP contribution >= 0.6 is 0 Å². The second-order valence-electron chi connectivity index (χ2n) is 2.58. The molecule has 0 aliphatic carbocycles. The number of rotatable bonds is 3. The van der Waals surface area contributed by atoms with Crippen LogP contribution in [-0.4, -0.2) is 22.3 Å². The highest BCUT2D eigenvalue weighted by molar-refractivity contribution is 4.93. The molecule has 66 valence electrons. The van der Waals surface area contributed by atoms with E-state index in [9.17, 15) is 4.79 Å². The summed E-state index contributed by atoms with van der Waals surface area (Å²) in [6.07, 6.45) is 0.978. The largest absolute Gasteiger partial charge is 0.390 e. The van der Waals surface area contributed by atoms with E-state index < -0.39 is 6.10 Å². The zero-order valence-electron chi connectivity index (χ0n) is 6.68. The molecular formula is C8H12N2O2. The number of hydrogen-bond donors (Lipinski definition) is 2. The van der Waals surface area contributed by atoms with Gasteiger partial charge in [0.1, 0.15) is 0 Å². The summed E-state index contributed by atoms with van der Waals surface area (Å²) < 4.78 is 1.43. The Labute approximate surface area is 70.3 Å². The third-order valence-corrected chi connectivity index (χ3v) is 1.58. The first kappa shape index (κ1) is 8.96. The highest BCUT2D eigenvalue weighted by Crippen LogP contribution is 1.86. The van der Waals surface area contributed by atoms with Crippen molar-refractivity contribution in [2.24, 2.45) is 5.73 Å². The third kappa shape index (κ3) is 2.18. The first-order chi connectivity index (χ1) is 5.74. The minimum atomic E-state index is -0.648. The van der Waals surface area contributed by atoms with E-state index in [2.05, 4.69) is 0 Å². The molecule has 1 aromatic heterocycles. The van der Waals surface area contributed by atoms with Gasteiger partial charge in [0.15, 0.2) is 0 Å². The first-order valence-corrected chi connectivity index (χ1v) is 3.77. The average Bonchev–Trinajstić information content (AvgIpc) is 2.09. The Balaban J connectivity index is 2.76. The number of aliphatic hydroxyl groups excluding tert-OH is 1. The minimum absolute atomic E-state index is 0.120. The molecule has 0 fully saturated rings. The van der Waals surface area contributed by atoms with Crippen molar-refractivity contribution in [2.75, 3.05) is 6.54 Å². The lowest BCUT2D eigenvalue weighted by molar-refractivity contribution is 0.161. The zero-order valence-corrected chi connectivity index (χ0v) is 6.68. The third-order valence-electron chi connectivity index (χ3n) is 1.58. The Kier molecular flexibility index (Phi) is 3.01. The summed E-state index contributed by atoms with van der Waals surface area (Å²) in [6.45, 7) is 0.428. The highest BCUT2D eigenvalue weighted by atomic mass is 16.3. The molecule has 0 spiro atoms. The van der Waals surface area contributed by atoms with Crippen molar-refractivity contribution in [1.82, 2.24) is 4.57 Å². The van der Waals surface area contributed by atoms with Crippen molar-refractivity contribution in [3.05, 3.63) is 34.7 Å². The Morgan fingerprint density at radius 3 is 2.92 bits per heavy atom. The molecule has 1 aromatic rings. The van der Waals surface area contributed by atoms with Gasteiger partial charge in [0.05, 0.1) is 12.6 Å². The SMILES string of the molecule is NC[C@@H](O)Cn1ccccc1=O. The Bertz CT molecular complexity index is 295. The highest BCUT2D eigenvalue weighted by Gasteiger charge is 2.01. The van der Waals surface area contributed by atoms with E-state index in [1.54, 1.807) is 18.3 Å². The van der Waals surface area contributed by atoms with E-state index in [0.717, 1.165) is 0 Å². The second-order valence-corrected chi connectivity index (χ2v) is 2.58. The van der Waals surface area contributed by atoms with Gasteiger partial charge in [-0.25, -0.2) is 0 Å². The van der Waals surface area contributed by atoms with Gasteiger partial charge in [-0.2, -0.15) is 0 Å². The summed E-state index contributed by atoms with van der Waals surface area (Å²) in [4.78, 5) is 11.1. The number of nitrogens with two attached hydrogens (primary N) is 1. The summed E-state index contributed by atoms with van der Waals surface area (Å²) in [5.74, 6) is 0. The fraction of sp³-hybridized carbons (Fsp3) is 0.375. The molecule has 0 aliphatic rings. The van der Waals surface area contributed by atoms with Crippen LogP contribution in [0.1, 0.15) is 0 Å². The topological polar surface area (TPSA) is 68.2 Å². The van der Waals surface area contributed by atoms with Gasteiger partial charge in [0.2, 0.25) is 0 Å². The molecule has 0 aromatic carbocycles. The van der Waals surface area contributed by atoms with E-state index in [1.165, 1.54) is 10.6 Å². The number of aliphatic hydroxyl groups is 1. The maximum absolute atomic E-state index is 11.1. The minimum Gasteiger partial charge on any atom is -0.390 e. The van der Waals surface area contributed by atoms with Gasteiger partial charge in [0.25, 0.3) is 5.56 Å². The fourth-order valence-corrected chi connectivity index (χ4v) is 0.913. The molecule has 0 aliphatic heterocycles. The van der Waals surface area contributed by atoms with Gasteiger partial charge in [-0.15, -0.1) is 0 Å². The fourth-order valence-electron chi connectivity index (χ4n) is 0.913. The van der Waals surface area contributed by atoms with Gasteiger partial charge >= 0.3 is 0 Å². The number of hydrogen-bond acceptors (Lipinski definition) is 3. The lowest BCUT2D eigenvalue weighted by Crippen LogP contribution is -2.30. The lowest BCUT2D eigenvalue weighted by atomic mass is 10.3. The Morgan fingerprint density at radius 1 is 1.58 bits per heavy atom. The van der Waals surface area contributed by atoms with Crippen LogP contribution in [0, 0.1) is 0 Å². The van der Waals surface area contributed by atoms with Crippen LogP contribution in [0.2, 0.25) is 0 Å². The average molecular weight is 168 g/mol. The van der Waals surface area contributed by atoms with Crippen molar-refractivity contribution >= 4 is 0 Å². The molecule has 4 heteroatoms. The molecule has 1 rings (SSSR count). The summed E-state index contributed by atoms with van der Waals surface area (Å²) in [7, 11) is 0. The van der Waals surface area contributed by atoms with Crippen LogP contribution in [0.3, 0.4) is 0 Å². The van der Waals surface area contributed by atoms with E-state index in [4.69, 9.17) is 10.8 Å². The summed E-state index contributed by atoms with van der Waals surface area (Å²) in [5, 5.41) is 9.15. The molecule has 4 nitrogen and oxygen atoms in total. The molecule has 0 saturated carbocycles. The van der Waals surface area contributed by atoms with Gasteiger partial charge < -0.3 is 15.4 Å². The van der Waals surface area contributed by atoms with Crippen LogP contribution < -0.4 is 11.3 Å². The molecule has 1 atom stereocenters. The number of nitrogens with zero attached hydrogens (tertiary/aromatic N) is 1. The smallest absolute Gasteiger partial charge is 0.250 e. The molecular weight excluding hydrogens is 156 g/mol. The van der Waals surface area contributed by atoms with Gasteiger partial charge in [0, 0.05) is 18.8 Å². The van der Waals surface area contributed by atoms with Crippen LogP contribution in [0.4, 0.5) is 0 Å². The van der Waals surface area contributed by atoms with Crippen molar-refractivity contribution in [3.8, 4) is 0 Å². The van der Waals surface area contributed by atoms with Crippen molar-refractivity contribution in [2.45, 2.75) is 12.6 Å². The molecule has 0 unspecified atom stereocenters. The zero-order chi connectivity index (χ0) is 8.97. The van der Waals surface area contributed by atoms with Gasteiger partial charge in [-0.1, -0.05) is 6.07 Å². The van der Waals surface area contributed by atoms with Gasteiger partial charge in [-0.3, -0.25) is 4.79 Å². The maximum atomic E-state index is 11.1. The Morgan fingerprint density at radius 2 is 2.33 bits per heavy atom.